The summed E-state index contributed by atoms with van der Waals surface area (Å²) in [6.07, 6.45) is 5.00. The lowest BCUT2D eigenvalue weighted by Gasteiger charge is -2.29. The number of amides is 1. The van der Waals surface area contributed by atoms with Crippen LogP contribution < -0.4 is 9.47 Å². The Bertz CT molecular complexity index is 1260. The molecule has 0 bridgehead atoms. The Balaban J connectivity index is 1.55. The van der Waals surface area contributed by atoms with E-state index in [1.54, 1.807) is 19.2 Å². The Morgan fingerprint density at radius 1 is 0.943 bits per heavy atom. The molecule has 0 N–H and O–H groups in total. The second-order valence-electron chi connectivity index (χ2n) is 8.80. The van der Waals surface area contributed by atoms with Crippen molar-refractivity contribution in [3.63, 3.8) is 0 Å². The lowest BCUT2D eigenvalue weighted by molar-refractivity contribution is 0.0681. The van der Waals surface area contributed by atoms with E-state index in [0.29, 0.717) is 5.56 Å². The largest absolute Gasteiger partial charge is 0.497 e. The number of hydrogen-bond donors (Lipinski definition) is 0. The van der Waals surface area contributed by atoms with E-state index in [9.17, 15) is 9.18 Å². The number of methoxy groups -OCH3 is 2. The molecule has 1 aliphatic heterocycles. The van der Waals surface area contributed by atoms with Crippen molar-refractivity contribution in [1.29, 1.82) is 0 Å². The minimum Gasteiger partial charge on any atom is -0.497 e. The van der Waals surface area contributed by atoms with E-state index >= 15 is 0 Å². The first-order chi connectivity index (χ1) is 17.1. The van der Waals surface area contributed by atoms with E-state index in [2.05, 4.69) is 6.08 Å². The van der Waals surface area contributed by atoms with Crippen molar-refractivity contribution in [1.82, 2.24) is 5.01 Å². The lowest BCUT2D eigenvalue weighted by atomic mass is 9.77. The van der Waals surface area contributed by atoms with E-state index in [1.165, 1.54) is 24.3 Å². The minimum atomic E-state index is -0.376. The third kappa shape index (κ3) is 4.56. The van der Waals surface area contributed by atoms with Gasteiger partial charge in [-0.3, -0.25) is 4.79 Å². The molecule has 6 heteroatoms. The Hall–Kier alpha value is -3.93. The summed E-state index contributed by atoms with van der Waals surface area (Å²) in [6.45, 7) is 0. The summed E-state index contributed by atoms with van der Waals surface area (Å²) in [4.78, 5) is 13.6. The van der Waals surface area contributed by atoms with E-state index in [1.807, 2.05) is 48.5 Å². The van der Waals surface area contributed by atoms with Crippen molar-refractivity contribution in [3.05, 3.63) is 101 Å². The number of ether oxygens (including phenoxy) is 2. The molecule has 1 heterocycles. The van der Waals surface area contributed by atoms with Crippen molar-refractivity contribution in [2.75, 3.05) is 14.2 Å². The van der Waals surface area contributed by atoms with Crippen LogP contribution >= 0.6 is 0 Å². The van der Waals surface area contributed by atoms with Crippen molar-refractivity contribution < 1.29 is 18.7 Å². The van der Waals surface area contributed by atoms with E-state index in [-0.39, 0.29) is 23.7 Å². The van der Waals surface area contributed by atoms with Crippen LogP contribution in [0.4, 0.5) is 4.39 Å². The van der Waals surface area contributed by atoms with E-state index in [4.69, 9.17) is 14.6 Å². The van der Waals surface area contributed by atoms with Gasteiger partial charge in [-0.05, 0) is 90.6 Å². The van der Waals surface area contributed by atoms with Crippen molar-refractivity contribution in [2.45, 2.75) is 25.3 Å². The number of halogens is 1. The first-order valence-electron chi connectivity index (χ1n) is 11.7. The van der Waals surface area contributed by atoms with Crippen LogP contribution in [0, 0.1) is 11.7 Å². The number of hydrogen-bond acceptors (Lipinski definition) is 4. The van der Waals surface area contributed by atoms with Crippen LogP contribution in [0.3, 0.4) is 0 Å². The molecule has 5 nitrogen and oxygen atoms in total. The highest BCUT2D eigenvalue weighted by atomic mass is 19.1. The van der Waals surface area contributed by atoms with Crippen molar-refractivity contribution in [3.8, 4) is 11.5 Å². The van der Waals surface area contributed by atoms with Crippen molar-refractivity contribution in [2.24, 2.45) is 11.0 Å². The molecule has 1 amide bonds. The molecule has 1 saturated carbocycles. The third-order valence-corrected chi connectivity index (χ3v) is 6.71. The minimum absolute atomic E-state index is 0.0750. The maximum atomic E-state index is 13.6. The molecular formula is C29H27FN2O3. The molecule has 0 aromatic heterocycles. The third-order valence-electron chi connectivity index (χ3n) is 6.71. The first kappa shape index (κ1) is 22.8. The summed E-state index contributed by atoms with van der Waals surface area (Å²) < 4.78 is 24.1. The van der Waals surface area contributed by atoms with Gasteiger partial charge < -0.3 is 9.47 Å². The first-order valence-corrected chi connectivity index (χ1v) is 11.7. The quantitative estimate of drug-likeness (QED) is 0.441. The summed E-state index contributed by atoms with van der Waals surface area (Å²) in [5.41, 5.74) is 4.56. The number of carbonyl (C=O) groups is 1. The summed E-state index contributed by atoms with van der Waals surface area (Å²) in [5, 5.41) is 6.49. The van der Waals surface area contributed by atoms with Gasteiger partial charge in [0.05, 0.1) is 26.0 Å². The predicted octanol–water partition coefficient (Wildman–Crippen LogP) is 6.28. The fourth-order valence-corrected chi connectivity index (χ4v) is 4.93. The maximum absolute atomic E-state index is 13.6. The number of rotatable bonds is 5. The van der Waals surface area contributed by atoms with E-state index < -0.39 is 0 Å². The number of benzene rings is 3. The smallest absolute Gasteiger partial charge is 0.274 e. The van der Waals surface area contributed by atoms with Gasteiger partial charge in [-0.25, -0.2) is 9.40 Å². The van der Waals surface area contributed by atoms with Crippen LogP contribution in [0.15, 0.2) is 83.5 Å². The van der Waals surface area contributed by atoms with Crippen LogP contribution in [-0.2, 0) is 0 Å². The van der Waals surface area contributed by atoms with Gasteiger partial charge in [-0.15, -0.1) is 0 Å². The average Bonchev–Trinajstić information content (AvgIpc) is 3.30. The number of hydrazone groups is 1. The zero-order valence-corrected chi connectivity index (χ0v) is 19.8. The molecule has 2 aliphatic rings. The molecule has 0 saturated heterocycles. The molecule has 3 aromatic carbocycles. The van der Waals surface area contributed by atoms with Crippen molar-refractivity contribution >= 4 is 17.7 Å². The normalized spacial score (nSPS) is 20.4. The Morgan fingerprint density at radius 2 is 1.57 bits per heavy atom. The molecule has 1 aliphatic carbocycles. The Kier molecular flexibility index (Phi) is 6.36. The second-order valence-corrected chi connectivity index (χ2v) is 8.80. The molecule has 2 unspecified atom stereocenters. The SMILES string of the molecule is COc1ccc(/C=C2\CCCC3C2=NN(C(=O)c2ccc(F)cc2)C3c2ccc(OC)cc2)cc1. The molecule has 2 atom stereocenters. The number of fused-ring (bicyclic) bond motifs is 1. The number of carbonyl (C=O) groups excluding carboxylic acids is 1. The molecule has 3 aromatic rings. The number of nitrogens with zero attached hydrogens (tertiary/aromatic N) is 2. The highest BCUT2D eigenvalue weighted by molar-refractivity contribution is 6.09. The molecule has 0 radical (unpaired) electrons. The fourth-order valence-electron chi connectivity index (χ4n) is 4.93. The van der Waals surface area contributed by atoms with Gasteiger partial charge in [-0.1, -0.05) is 24.3 Å². The molecule has 1 fully saturated rings. The molecular weight excluding hydrogens is 443 g/mol. The van der Waals surface area contributed by atoms with Gasteiger partial charge in [-0.2, -0.15) is 5.10 Å². The van der Waals surface area contributed by atoms with Gasteiger partial charge in [0.15, 0.2) is 0 Å². The fraction of sp³-hybridized carbons (Fsp3) is 0.241. The summed E-state index contributed by atoms with van der Waals surface area (Å²) in [6, 6.07) is 21.1. The molecule has 0 spiro atoms. The van der Waals surface area contributed by atoms with Crippen LogP contribution in [0.1, 0.15) is 46.8 Å². The highest BCUT2D eigenvalue weighted by Gasteiger charge is 2.43. The Labute approximate surface area is 204 Å². The zero-order chi connectivity index (χ0) is 24.4. The molecule has 178 valence electrons. The number of allylic oxidation sites excluding steroid dienone is 1. The van der Waals surface area contributed by atoms with Crippen LogP contribution in [0.25, 0.3) is 6.08 Å². The monoisotopic (exact) mass is 470 g/mol. The summed E-state index contributed by atoms with van der Waals surface area (Å²) in [5.74, 6) is 1.03. The second kappa shape index (κ2) is 9.74. The van der Waals surface area contributed by atoms with Gasteiger partial charge in [0.2, 0.25) is 0 Å². The van der Waals surface area contributed by atoms with Gasteiger partial charge in [0.1, 0.15) is 17.3 Å². The average molecular weight is 471 g/mol. The standard InChI is InChI=1S/C29H27FN2O3/c1-34-24-14-6-19(7-15-24)18-22-4-3-5-26-27(22)31-32(29(33)21-8-12-23(30)13-9-21)28(26)20-10-16-25(35-2)17-11-20/h6-18,26,28H,3-5H2,1-2H3/b22-18+. The van der Waals surface area contributed by atoms with E-state index in [0.717, 1.165) is 53.2 Å². The van der Waals surface area contributed by atoms with Gasteiger partial charge >= 0.3 is 0 Å². The van der Waals surface area contributed by atoms with Gasteiger partial charge in [0, 0.05) is 11.5 Å². The highest BCUT2D eigenvalue weighted by Crippen LogP contribution is 2.45. The topological polar surface area (TPSA) is 51.1 Å². The molecule has 5 rings (SSSR count). The van der Waals surface area contributed by atoms with Crippen LogP contribution in [0.5, 0.6) is 11.5 Å². The maximum Gasteiger partial charge on any atom is 0.274 e. The lowest BCUT2D eigenvalue weighted by Crippen LogP contribution is -2.31. The van der Waals surface area contributed by atoms with Gasteiger partial charge in [0.25, 0.3) is 5.91 Å². The van der Waals surface area contributed by atoms with Crippen LogP contribution in [-0.4, -0.2) is 30.8 Å². The van der Waals surface area contributed by atoms with Crippen LogP contribution in [0.2, 0.25) is 0 Å². The zero-order valence-electron chi connectivity index (χ0n) is 19.8. The summed E-state index contributed by atoms with van der Waals surface area (Å²) >= 11 is 0. The molecule has 35 heavy (non-hydrogen) atoms. The Morgan fingerprint density at radius 3 is 2.20 bits per heavy atom. The predicted molar refractivity (Wildman–Crippen MR) is 134 cm³/mol. The summed E-state index contributed by atoms with van der Waals surface area (Å²) in [7, 11) is 3.28.